The molecule has 3 heterocycles. The van der Waals surface area contributed by atoms with E-state index in [9.17, 15) is 8.78 Å². The van der Waals surface area contributed by atoms with Gasteiger partial charge in [0.15, 0.2) is 5.82 Å². The van der Waals surface area contributed by atoms with Crippen LogP contribution in [0.1, 0.15) is 0 Å². The number of aromatic nitrogens is 6. The molecule has 0 bridgehead atoms. The maximum atomic E-state index is 14.9. The first-order valence-corrected chi connectivity index (χ1v) is 7.52. The van der Waals surface area contributed by atoms with Crippen LogP contribution in [-0.4, -0.2) is 37.1 Å². The zero-order valence-electron chi connectivity index (χ0n) is 13.1. The summed E-state index contributed by atoms with van der Waals surface area (Å²) in [6, 6.07) is 1.62. The second-order valence-corrected chi connectivity index (χ2v) is 5.70. The standard InChI is InChI=1S/C15H11ClF2N6O/c1-24-12-7(3-8(25-2)10(16)11(12)17)9(6-4-19-20-5-6)13(24)14-21-15(18)23-22-14/h3-5H,1-2H3,(H,19,20)(H,21,22,23). The van der Waals surface area contributed by atoms with E-state index in [1.807, 2.05) is 0 Å². The van der Waals surface area contributed by atoms with Crippen LogP contribution >= 0.6 is 11.6 Å². The van der Waals surface area contributed by atoms with E-state index >= 15 is 0 Å². The predicted octanol–water partition coefficient (Wildman–Crippen LogP) is 3.29. The van der Waals surface area contributed by atoms with Gasteiger partial charge in [0.2, 0.25) is 5.82 Å². The van der Waals surface area contributed by atoms with Crippen LogP contribution in [0, 0.1) is 11.9 Å². The van der Waals surface area contributed by atoms with E-state index in [0.29, 0.717) is 22.2 Å². The van der Waals surface area contributed by atoms with Gasteiger partial charge in [-0.15, -0.1) is 5.10 Å². The van der Waals surface area contributed by atoms with Gasteiger partial charge in [-0.2, -0.15) is 14.5 Å². The summed E-state index contributed by atoms with van der Waals surface area (Å²) in [5.41, 5.74) is 1.88. The van der Waals surface area contributed by atoms with Gasteiger partial charge in [0, 0.05) is 29.8 Å². The van der Waals surface area contributed by atoms with Crippen molar-refractivity contribution in [2.45, 2.75) is 0 Å². The van der Waals surface area contributed by atoms with Crippen LogP contribution < -0.4 is 4.74 Å². The third-order valence-electron chi connectivity index (χ3n) is 4.00. The van der Waals surface area contributed by atoms with E-state index in [0.717, 1.165) is 0 Å². The molecule has 10 heteroatoms. The molecule has 128 valence electrons. The Kier molecular flexibility index (Phi) is 3.46. The fourth-order valence-electron chi connectivity index (χ4n) is 2.96. The van der Waals surface area contributed by atoms with Gasteiger partial charge >= 0.3 is 6.08 Å². The van der Waals surface area contributed by atoms with E-state index in [-0.39, 0.29) is 22.1 Å². The van der Waals surface area contributed by atoms with Crippen LogP contribution in [0.25, 0.3) is 33.5 Å². The molecule has 0 fully saturated rings. The Balaban J connectivity index is 2.19. The summed E-state index contributed by atoms with van der Waals surface area (Å²) in [6.45, 7) is 0. The summed E-state index contributed by atoms with van der Waals surface area (Å²) in [5, 5.41) is 13.0. The third kappa shape index (κ3) is 2.19. The minimum absolute atomic E-state index is 0.0851. The third-order valence-corrected chi connectivity index (χ3v) is 4.35. The molecule has 2 N–H and O–H groups in total. The molecule has 0 amide bonds. The number of rotatable bonds is 3. The highest BCUT2D eigenvalue weighted by Gasteiger charge is 2.26. The number of nitrogens with zero attached hydrogens (tertiary/aromatic N) is 4. The first kappa shape index (κ1) is 15.6. The van der Waals surface area contributed by atoms with Crippen molar-refractivity contribution in [2.24, 2.45) is 7.05 Å². The molecule has 1 aromatic carbocycles. The number of fused-ring (bicyclic) bond motifs is 1. The second-order valence-electron chi connectivity index (χ2n) is 5.32. The largest absolute Gasteiger partial charge is 0.495 e. The first-order chi connectivity index (χ1) is 12.0. The summed E-state index contributed by atoms with van der Waals surface area (Å²) >= 11 is 6.05. The zero-order valence-corrected chi connectivity index (χ0v) is 13.8. The monoisotopic (exact) mass is 364 g/mol. The molecule has 0 atom stereocenters. The van der Waals surface area contributed by atoms with E-state index < -0.39 is 11.9 Å². The average Bonchev–Trinajstić information content (AvgIpc) is 3.30. The molecule has 0 aliphatic carbocycles. The summed E-state index contributed by atoms with van der Waals surface area (Å²) < 4.78 is 34.9. The minimum Gasteiger partial charge on any atom is -0.495 e. The summed E-state index contributed by atoms with van der Waals surface area (Å²) in [4.78, 5) is 3.73. The Morgan fingerprint density at radius 2 is 2.12 bits per heavy atom. The molecule has 4 aromatic rings. The van der Waals surface area contributed by atoms with Crippen LogP contribution in [0.5, 0.6) is 5.75 Å². The highest BCUT2D eigenvalue weighted by molar-refractivity contribution is 6.33. The highest BCUT2D eigenvalue weighted by atomic mass is 35.5. The lowest BCUT2D eigenvalue weighted by atomic mass is 10.0. The van der Waals surface area contributed by atoms with Crippen LogP contribution in [0.2, 0.25) is 5.02 Å². The van der Waals surface area contributed by atoms with Crippen molar-refractivity contribution in [3.8, 4) is 28.4 Å². The number of methoxy groups -OCH3 is 1. The lowest BCUT2D eigenvalue weighted by Gasteiger charge is -2.06. The topological polar surface area (TPSA) is 84.4 Å². The lowest BCUT2D eigenvalue weighted by molar-refractivity contribution is 0.412. The highest BCUT2D eigenvalue weighted by Crippen LogP contribution is 2.44. The minimum atomic E-state index is -0.838. The number of nitrogens with one attached hydrogen (secondary N) is 2. The molecule has 7 nitrogen and oxygen atoms in total. The van der Waals surface area contributed by atoms with Crippen molar-refractivity contribution in [2.75, 3.05) is 7.11 Å². The SMILES string of the molecule is COc1cc2c(-c3cn[nH]c3)c(-c3n[nH]c(F)n3)n(C)c2c(F)c1Cl. The molecule has 25 heavy (non-hydrogen) atoms. The molecule has 3 aromatic heterocycles. The maximum absolute atomic E-state index is 14.9. The molecule has 0 unspecified atom stereocenters. The molecule has 0 radical (unpaired) electrons. The predicted molar refractivity (Wildman–Crippen MR) is 87.4 cm³/mol. The molecule has 0 aliphatic heterocycles. The number of ether oxygens (including phenoxy) is 1. The number of aromatic amines is 2. The molecule has 0 saturated heterocycles. The molecule has 0 aliphatic rings. The van der Waals surface area contributed by atoms with E-state index in [2.05, 4.69) is 25.4 Å². The lowest BCUT2D eigenvalue weighted by Crippen LogP contribution is -1.96. The number of hydrogen-bond acceptors (Lipinski definition) is 4. The van der Waals surface area contributed by atoms with Crippen molar-refractivity contribution in [1.29, 1.82) is 0 Å². The Hall–Kier alpha value is -2.94. The van der Waals surface area contributed by atoms with Gasteiger partial charge in [-0.25, -0.2) is 9.49 Å². The van der Waals surface area contributed by atoms with Gasteiger partial charge in [-0.05, 0) is 6.07 Å². The Bertz CT molecular complexity index is 1090. The number of benzene rings is 1. The van der Waals surface area contributed by atoms with Crippen molar-refractivity contribution in [3.05, 3.63) is 35.4 Å². The summed E-state index contributed by atoms with van der Waals surface area (Å²) in [5.74, 6) is -0.373. The maximum Gasteiger partial charge on any atom is 0.305 e. The van der Waals surface area contributed by atoms with E-state index in [1.54, 1.807) is 25.5 Å². The number of hydrogen-bond donors (Lipinski definition) is 2. The smallest absolute Gasteiger partial charge is 0.305 e. The average molecular weight is 365 g/mol. The van der Waals surface area contributed by atoms with Crippen LogP contribution in [-0.2, 0) is 7.05 Å². The molecule has 0 spiro atoms. The van der Waals surface area contributed by atoms with Crippen molar-refractivity contribution < 1.29 is 13.5 Å². The second kappa shape index (κ2) is 5.55. The number of halogens is 3. The molecular weight excluding hydrogens is 354 g/mol. The fourth-order valence-corrected chi connectivity index (χ4v) is 3.18. The van der Waals surface area contributed by atoms with Gasteiger partial charge in [0.25, 0.3) is 0 Å². The number of aryl methyl sites for hydroxylation is 1. The van der Waals surface area contributed by atoms with Crippen molar-refractivity contribution >= 4 is 22.5 Å². The number of H-pyrrole nitrogens is 2. The van der Waals surface area contributed by atoms with E-state index in [1.165, 1.54) is 11.7 Å². The van der Waals surface area contributed by atoms with Gasteiger partial charge in [0.1, 0.15) is 10.8 Å². The molecule has 4 rings (SSSR count). The molecular formula is C15H11ClF2N6O. The first-order valence-electron chi connectivity index (χ1n) is 7.14. The van der Waals surface area contributed by atoms with Gasteiger partial charge < -0.3 is 9.30 Å². The van der Waals surface area contributed by atoms with Gasteiger partial charge in [-0.1, -0.05) is 11.6 Å². The molecule has 0 saturated carbocycles. The quantitative estimate of drug-likeness (QED) is 0.584. The Morgan fingerprint density at radius 1 is 1.32 bits per heavy atom. The fraction of sp³-hybridized carbons (Fsp3) is 0.133. The van der Waals surface area contributed by atoms with Crippen LogP contribution in [0.4, 0.5) is 8.78 Å². The zero-order chi connectivity index (χ0) is 17.7. The summed E-state index contributed by atoms with van der Waals surface area (Å²) in [7, 11) is 3.03. The van der Waals surface area contributed by atoms with E-state index in [4.69, 9.17) is 16.3 Å². The van der Waals surface area contributed by atoms with Gasteiger partial charge in [0.05, 0.1) is 24.5 Å². The van der Waals surface area contributed by atoms with Crippen molar-refractivity contribution in [3.63, 3.8) is 0 Å². The van der Waals surface area contributed by atoms with Crippen LogP contribution in [0.3, 0.4) is 0 Å². The van der Waals surface area contributed by atoms with Crippen molar-refractivity contribution in [1.82, 2.24) is 29.9 Å². The Labute approximate surface area is 144 Å². The van der Waals surface area contributed by atoms with Crippen LogP contribution in [0.15, 0.2) is 18.5 Å². The van der Waals surface area contributed by atoms with Gasteiger partial charge in [-0.3, -0.25) is 5.10 Å². The Morgan fingerprint density at radius 3 is 2.72 bits per heavy atom. The normalized spacial score (nSPS) is 11.4. The summed E-state index contributed by atoms with van der Waals surface area (Å²) in [6.07, 6.45) is 2.37.